The van der Waals surface area contributed by atoms with Gasteiger partial charge in [0.1, 0.15) is 0 Å². The van der Waals surface area contributed by atoms with Crippen LogP contribution in [0.5, 0.6) is 0 Å². The van der Waals surface area contributed by atoms with Gasteiger partial charge in [-0.05, 0) is 63.4 Å². The largest absolute Gasteiger partial charge is 0.0622 e. The van der Waals surface area contributed by atoms with Gasteiger partial charge in [0.15, 0.2) is 0 Å². The Labute approximate surface area is 172 Å². The van der Waals surface area contributed by atoms with Crippen molar-refractivity contribution < 1.29 is 0 Å². The maximum Gasteiger partial charge on any atom is 0.0444 e. The van der Waals surface area contributed by atoms with Gasteiger partial charge < -0.3 is 0 Å². The highest BCUT2D eigenvalue weighted by Crippen LogP contribution is 2.58. The summed E-state index contributed by atoms with van der Waals surface area (Å²) >= 11 is 0. The molecule has 0 aromatic heterocycles. The molecule has 138 valence electrons. The van der Waals surface area contributed by atoms with Crippen molar-refractivity contribution in [2.45, 2.75) is 18.8 Å². The Hall–Kier alpha value is -3.38. The van der Waals surface area contributed by atoms with E-state index in [1.165, 1.54) is 50.1 Å². The van der Waals surface area contributed by atoms with E-state index in [9.17, 15) is 0 Å². The predicted octanol–water partition coefficient (Wildman–Crippen LogP) is 7.14. The van der Waals surface area contributed by atoms with Crippen molar-refractivity contribution in [2.24, 2.45) is 0 Å². The van der Waals surface area contributed by atoms with E-state index < -0.39 is 0 Å². The van der Waals surface area contributed by atoms with Crippen LogP contribution in [0.4, 0.5) is 0 Å². The summed E-state index contributed by atoms with van der Waals surface area (Å²) in [7, 11) is 0. The molecule has 0 spiro atoms. The Kier molecular flexibility index (Phi) is 3.46. The lowest BCUT2D eigenvalue weighted by Gasteiger charge is -2.31. The third kappa shape index (κ3) is 2.20. The third-order valence-electron chi connectivity index (χ3n) is 6.80. The summed E-state index contributed by atoms with van der Waals surface area (Å²) < 4.78 is 0. The van der Waals surface area contributed by atoms with Gasteiger partial charge in [0.25, 0.3) is 0 Å². The summed E-state index contributed by atoms with van der Waals surface area (Å²) in [5.41, 5.74) is 12.5. The Balaban J connectivity index is 1.73. The molecule has 0 fully saturated rings. The zero-order valence-electron chi connectivity index (χ0n) is 16.5. The minimum atomic E-state index is -0.162. The number of hydrogen-bond acceptors (Lipinski definition) is 0. The third-order valence-corrected chi connectivity index (χ3v) is 6.80. The minimum Gasteiger partial charge on any atom is -0.0622 e. The summed E-state index contributed by atoms with van der Waals surface area (Å²) in [6.07, 6.45) is 0.995. The molecule has 0 N–H and O–H groups in total. The van der Waals surface area contributed by atoms with Gasteiger partial charge in [0.05, 0.1) is 0 Å². The molecule has 0 heteroatoms. The van der Waals surface area contributed by atoms with E-state index in [0.717, 1.165) is 6.42 Å². The molecular weight excluding hydrogens is 348 g/mol. The van der Waals surface area contributed by atoms with Crippen molar-refractivity contribution >= 4 is 11.1 Å². The second-order valence-electron chi connectivity index (χ2n) is 8.27. The van der Waals surface area contributed by atoms with Crippen molar-refractivity contribution in [1.82, 2.24) is 0 Å². The van der Waals surface area contributed by atoms with Gasteiger partial charge in [0.2, 0.25) is 0 Å². The SMILES string of the molecule is CC1(C2=C(c3ccccc3)Cc3ccccc32)c2ccccc2-c2ccccc21. The monoisotopic (exact) mass is 370 g/mol. The van der Waals surface area contributed by atoms with Crippen molar-refractivity contribution in [3.63, 3.8) is 0 Å². The first-order chi connectivity index (χ1) is 14.3. The van der Waals surface area contributed by atoms with E-state index in [1.54, 1.807) is 0 Å². The number of allylic oxidation sites excluding steroid dienone is 2. The molecule has 4 aromatic carbocycles. The molecule has 2 aliphatic carbocycles. The first-order valence-corrected chi connectivity index (χ1v) is 10.3. The first-order valence-electron chi connectivity index (χ1n) is 10.3. The molecule has 0 bridgehead atoms. The van der Waals surface area contributed by atoms with Gasteiger partial charge in [-0.25, -0.2) is 0 Å². The number of rotatable bonds is 2. The molecule has 0 radical (unpaired) electrons. The smallest absolute Gasteiger partial charge is 0.0444 e. The lowest BCUT2D eigenvalue weighted by atomic mass is 9.70. The number of fused-ring (bicyclic) bond motifs is 4. The Morgan fingerprint density at radius 2 is 1.07 bits per heavy atom. The van der Waals surface area contributed by atoms with Crippen LogP contribution in [0.25, 0.3) is 22.3 Å². The maximum atomic E-state index is 2.43. The highest BCUT2D eigenvalue weighted by molar-refractivity contribution is 6.05. The zero-order chi connectivity index (χ0) is 19.4. The average molecular weight is 370 g/mol. The summed E-state index contributed by atoms with van der Waals surface area (Å²) in [6, 6.07) is 37.8. The van der Waals surface area contributed by atoms with Crippen LogP contribution in [0.1, 0.15) is 34.7 Å². The fourth-order valence-electron chi connectivity index (χ4n) is 5.54. The summed E-state index contributed by atoms with van der Waals surface area (Å²) in [6.45, 7) is 2.43. The van der Waals surface area contributed by atoms with Crippen LogP contribution < -0.4 is 0 Å². The van der Waals surface area contributed by atoms with Crippen molar-refractivity contribution in [1.29, 1.82) is 0 Å². The molecule has 0 saturated carbocycles. The normalized spacial score (nSPS) is 15.8. The molecule has 0 heterocycles. The second-order valence-corrected chi connectivity index (χ2v) is 8.27. The lowest BCUT2D eigenvalue weighted by Crippen LogP contribution is -2.23. The summed E-state index contributed by atoms with van der Waals surface area (Å²) in [5.74, 6) is 0. The van der Waals surface area contributed by atoms with E-state index in [0.29, 0.717) is 0 Å². The molecule has 0 atom stereocenters. The maximum absolute atomic E-state index is 2.43. The van der Waals surface area contributed by atoms with Crippen LogP contribution in [0.15, 0.2) is 103 Å². The number of benzene rings is 4. The van der Waals surface area contributed by atoms with E-state index in [-0.39, 0.29) is 5.41 Å². The molecule has 2 aliphatic rings. The Morgan fingerprint density at radius 1 is 0.552 bits per heavy atom. The van der Waals surface area contributed by atoms with Crippen LogP contribution in [-0.2, 0) is 11.8 Å². The van der Waals surface area contributed by atoms with Crippen LogP contribution in [0, 0.1) is 0 Å². The molecule has 4 aromatic rings. The van der Waals surface area contributed by atoms with Crippen molar-refractivity contribution in [3.8, 4) is 11.1 Å². The second kappa shape index (κ2) is 6.06. The van der Waals surface area contributed by atoms with E-state index in [2.05, 4.69) is 110 Å². The van der Waals surface area contributed by atoms with Crippen LogP contribution in [0.3, 0.4) is 0 Å². The minimum absolute atomic E-state index is 0.162. The molecule has 29 heavy (non-hydrogen) atoms. The predicted molar refractivity (Wildman–Crippen MR) is 122 cm³/mol. The van der Waals surface area contributed by atoms with Crippen LogP contribution in [0.2, 0.25) is 0 Å². The van der Waals surface area contributed by atoms with Gasteiger partial charge >= 0.3 is 0 Å². The van der Waals surface area contributed by atoms with Crippen LogP contribution in [-0.4, -0.2) is 0 Å². The number of hydrogen-bond donors (Lipinski definition) is 0. The van der Waals surface area contributed by atoms with Crippen molar-refractivity contribution in [2.75, 3.05) is 0 Å². The van der Waals surface area contributed by atoms with Gasteiger partial charge in [-0.1, -0.05) is 103 Å². The molecule has 0 aliphatic heterocycles. The van der Waals surface area contributed by atoms with E-state index >= 15 is 0 Å². The van der Waals surface area contributed by atoms with E-state index in [1.807, 2.05) is 0 Å². The Bertz CT molecular complexity index is 1230. The fraction of sp³-hybridized carbons (Fsp3) is 0.103. The lowest BCUT2D eigenvalue weighted by molar-refractivity contribution is 0.773. The van der Waals surface area contributed by atoms with Crippen molar-refractivity contribution in [3.05, 3.63) is 131 Å². The fourth-order valence-corrected chi connectivity index (χ4v) is 5.54. The summed E-state index contributed by atoms with van der Waals surface area (Å²) in [4.78, 5) is 0. The van der Waals surface area contributed by atoms with Gasteiger partial charge in [0, 0.05) is 5.41 Å². The Morgan fingerprint density at radius 3 is 1.72 bits per heavy atom. The van der Waals surface area contributed by atoms with Gasteiger partial charge in [-0.3, -0.25) is 0 Å². The first kappa shape index (κ1) is 16.6. The highest BCUT2D eigenvalue weighted by Gasteiger charge is 2.45. The van der Waals surface area contributed by atoms with Gasteiger partial charge in [-0.2, -0.15) is 0 Å². The van der Waals surface area contributed by atoms with E-state index in [4.69, 9.17) is 0 Å². The molecule has 6 rings (SSSR count). The quantitative estimate of drug-likeness (QED) is 0.352. The molecule has 0 amide bonds. The average Bonchev–Trinajstić information content (AvgIpc) is 3.30. The molecular formula is C29H22. The topological polar surface area (TPSA) is 0 Å². The zero-order valence-corrected chi connectivity index (χ0v) is 16.5. The molecule has 0 unspecified atom stereocenters. The molecule has 0 saturated heterocycles. The van der Waals surface area contributed by atoms with Crippen LogP contribution >= 0.6 is 0 Å². The summed E-state index contributed by atoms with van der Waals surface area (Å²) in [5, 5.41) is 0. The standard InChI is InChI=1S/C29H22/c1-29(26-17-9-7-15-23(26)24-16-8-10-18-27(24)29)28-22-14-6-5-13-21(22)19-25(28)20-11-3-2-4-12-20/h2-18H,19H2,1H3. The van der Waals surface area contributed by atoms with Gasteiger partial charge in [-0.15, -0.1) is 0 Å². The highest BCUT2D eigenvalue weighted by atomic mass is 14.5. The molecule has 0 nitrogen and oxygen atoms in total.